The second-order valence-corrected chi connectivity index (χ2v) is 7.65. The van der Waals surface area contributed by atoms with Crippen molar-refractivity contribution in [3.63, 3.8) is 0 Å². The third kappa shape index (κ3) is 3.80. The number of hydrogen-bond acceptors (Lipinski definition) is 5. The maximum Gasteiger partial charge on any atom is 0.228 e. The molecule has 1 aromatic carbocycles. The summed E-state index contributed by atoms with van der Waals surface area (Å²) in [4.78, 5) is 39.5. The molecule has 2 aliphatic rings. The van der Waals surface area contributed by atoms with Crippen molar-refractivity contribution in [2.24, 2.45) is 5.92 Å². The van der Waals surface area contributed by atoms with Gasteiger partial charge in [-0.3, -0.25) is 9.59 Å². The molecule has 0 radical (unpaired) electrons. The van der Waals surface area contributed by atoms with E-state index in [9.17, 15) is 9.59 Å². The number of benzene rings is 1. The lowest BCUT2D eigenvalue weighted by molar-refractivity contribution is -0.136. The second kappa shape index (κ2) is 7.75. The van der Waals surface area contributed by atoms with Gasteiger partial charge in [0, 0.05) is 61.6 Å². The Morgan fingerprint density at radius 1 is 1.11 bits per heavy atom. The van der Waals surface area contributed by atoms with Crippen LogP contribution in [0.3, 0.4) is 0 Å². The lowest BCUT2D eigenvalue weighted by Crippen LogP contribution is -2.51. The van der Waals surface area contributed by atoms with Gasteiger partial charge in [0.1, 0.15) is 12.1 Å². The van der Waals surface area contributed by atoms with E-state index < -0.39 is 0 Å². The number of hydrogen-bond donors (Lipinski definition) is 0. The predicted octanol–water partition coefficient (Wildman–Crippen LogP) is 2.14. The Kier molecular flexibility index (Phi) is 5.17. The number of carbonyl (C=O) groups is 2. The standard InChI is InChI=1S/C20H22ClN5O2/c1-14-10-18(23-13-22-14)24-6-8-25(9-7-24)20(28)15-11-19(27)26(12-15)17-4-2-16(21)3-5-17/h2-5,10,13,15H,6-9,11-12H2,1H3. The third-order valence-corrected chi connectivity index (χ3v) is 5.57. The van der Waals surface area contributed by atoms with Crippen molar-refractivity contribution in [1.29, 1.82) is 0 Å². The second-order valence-electron chi connectivity index (χ2n) is 7.21. The first kappa shape index (κ1) is 18.7. The molecule has 28 heavy (non-hydrogen) atoms. The minimum absolute atomic E-state index is 0.0178. The Bertz CT molecular complexity index is 880. The number of amides is 2. The highest BCUT2D eigenvalue weighted by Crippen LogP contribution is 2.28. The molecule has 8 heteroatoms. The number of aromatic nitrogens is 2. The van der Waals surface area contributed by atoms with E-state index >= 15 is 0 Å². The molecule has 0 bridgehead atoms. The van der Waals surface area contributed by atoms with Gasteiger partial charge in [0.25, 0.3) is 0 Å². The van der Waals surface area contributed by atoms with Crippen LogP contribution in [0.5, 0.6) is 0 Å². The smallest absolute Gasteiger partial charge is 0.228 e. The molecule has 1 aromatic heterocycles. The average Bonchev–Trinajstić information content (AvgIpc) is 3.10. The normalized spacial score (nSPS) is 20.0. The summed E-state index contributed by atoms with van der Waals surface area (Å²) in [5.74, 6) is 0.639. The van der Waals surface area contributed by atoms with E-state index in [4.69, 9.17) is 11.6 Å². The molecule has 2 aliphatic heterocycles. The summed E-state index contributed by atoms with van der Waals surface area (Å²) in [5.41, 5.74) is 1.71. The summed E-state index contributed by atoms with van der Waals surface area (Å²) < 4.78 is 0. The van der Waals surface area contributed by atoms with Crippen molar-refractivity contribution >= 4 is 34.9 Å². The first-order valence-corrected chi connectivity index (χ1v) is 9.77. The van der Waals surface area contributed by atoms with E-state index in [0.717, 1.165) is 30.3 Å². The van der Waals surface area contributed by atoms with Crippen molar-refractivity contribution in [1.82, 2.24) is 14.9 Å². The Hall–Kier alpha value is -2.67. The molecule has 2 amide bonds. The number of carbonyl (C=O) groups excluding carboxylic acids is 2. The van der Waals surface area contributed by atoms with Crippen LogP contribution in [0, 0.1) is 12.8 Å². The molecule has 0 saturated carbocycles. The van der Waals surface area contributed by atoms with Crippen LogP contribution in [0.1, 0.15) is 12.1 Å². The minimum Gasteiger partial charge on any atom is -0.353 e. The van der Waals surface area contributed by atoms with Gasteiger partial charge in [-0.25, -0.2) is 9.97 Å². The zero-order valence-corrected chi connectivity index (χ0v) is 16.5. The van der Waals surface area contributed by atoms with Gasteiger partial charge in [0.05, 0.1) is 5.92 Å². The molecule has 2 aromatic rings. The van der Waals surface area contributed by atoms with E-state index in [1.807, 2.05) is 30.0 Å². The summed E-state index contributed by atoms with van der Waals surface area (Å²) in [7, 11) is 0. The number of piperazine rings is 1. The monoisotopic (exact) mass is 399 g/mol. The highest BCUT2D eigenvalue weighted by atomic mass is 35.5. The molecule has 2 fully saturated rings. The molecule has 1 atom stereocenters. The Morgan fingerprint density at radius 2 is 1.82 bits per heavy atom. The maximum absolute atomic E-state index is 13.0. The van der Waals surface area contributed by atoms with Gasteiger partial charge in [0.2, 0.25) is 11.8 Å². The van der Waals surface area contributed by atoms with Crippen molar-refractivity contribution in [2.75, 3.05) is 42.5 Å². The van der Waals surface area contributed by atoms with E-state index in [0.29, 0.717) is 24.7 Å². The first-order chi connectivity index (χ1) is 13.5. The van der Waals surface area contributed by atoms with Crippen LogP contribution >= 0.6 is 11.6 Å². The fourth-order valence-corrected chi connectivity index (χ4v) is 3.90. The molecule has 4 rings (SSSR count). The molecule has 3 heterocycles. The zero-order chi connectivity index (χ0) is 19.7. The molecule has 0 aliphatic carbocycles. The molecule has 7 nitrogen and oxygen atoms in total. The number of rotatable bonds is 3. The summed E-state index contributed by atoms with van der Waals surface area (Å²) in [5, 5.41) is 0.625. The van der Waals surface area contributed by atoms with Gasteiger partial charge in [0.15, 0.2) is 0 Å². The van der Waals surface area contributed by atoms with Crippen LogP contribution < -0.4 is 9.80 Å². The van der Waals surface area contributed by atoms with E-state index in [-0.39, 0.29) is 24.2 Å². The molecule has 0 spiro atoms. The van der Waals surface area contributed by atoms with E-state index in [1.165, 1.54) is 0 Å². The van der Waals surface area contributed by atoms with E-state index in [1.54, 1.807) is 23.4 Å². The van der Waals surface area contributed by atoms with Crippen molar-refractivity contribution in [3.05, 3.63) is 47.4 Å². The van der Waals surface area contributed by atoms with Gasteiger partial charge in [-0.2, -0.15) is 0 Å². The number of anilines is 2. The Labute approximate surface area is 168 Å². The number of nitrogens with zero attached hydrogens (tertiary/aromatic N) is 5. The lowest BCUT2D eigenvalue weighted by Gasteiger charge is -2.36. The average molecular weight is 400 g/mol. The largest absolute Gasteiger partial charge is 0.353 e. The zero-order valence-electron chi connectivity index (χ0n) is 15.7. The van der Waals surface area contributed by atoms with Crippen molar-refractivity contribution < 1.29 is 9.59 Å². The molecular formula is C20H22ClN5O2. The van der Waals surface area contributed by atoms with E-state index in [2.05, 4.69) is 14.9 Å². The molecule has 1 unspecified atom stereocenters. The predicted molar refractivity (Wildman–Crippen MR) is 107 cm³/mol. The summed E-state index contributed by atoms with van der Waals surface area (Å²) in [6.45, 7) is 5.08. The van der Waals surface area contributed by atoms with Gasteiger partial charge in [-0.05, 0) is 31.2 Å². The SMILES string of the molecule is Cc1cc(N2CCN(C(=O)C3CC(=O)N(c4ccc(Cl)cc4)C3)CC2)ncn1. The summed E-state index contributed by atoms with van der Waals surface area (Å²) in [6.07, 6.45) is 1.82. The Balaban J connectivity index is 1.36. The first-order valence-electron chi connectivity index (χ1n) is 9.39. The minimum atomic E-state index is -0.295. The molecule has 146 valence electrons. The number of halogens is 1. The van der Waals surface area contributed by atoms with Gasteiger partial charge in [-0.1, -0.05) is 11.6 Å². The fourth-order valence-electron chi connectivity index (χ4n) is 3.77. The highest BCUT2D eigenvalue weighted by Gasteiger charge is 2.38. The topological polar surface area (TPSA) is 69.6 Å². The van der Waals surface area contributed by atoms with Gasteiger partial charge in [-0.15, -0.1) is 0 Å². The maximum atomic E-state index is 13.0. The molecular weight excluding hydrogens is 378 g/mol. The van der Waals surface area contributed by atoms with Gasteiger partial charge >= 0.3 is 0 Å². The fraction of sp³-hybridized carbons (Fsp3) is 0.400. The summed E-state index contributed by atoms with van der Waals surface area (Å²) in [6, 6.07) is 9.10. The van der Waals surface area contributed by atoms with Crippen LogP contribution in [0.2, 0.25) is 5.02 Å². The van der Waals surface area contributed by atoms with Crippen molar-refractivity contribution in [3.8, 4) is 0 Å². The molecule has 2 saturated heterocycles. The van der Waals surface area contributed by atoms with Crippen LogP contribution in [0.15, 0.2) is 36.7 Å². The van der Waals surface area contributed by atoms with Gasteiger partial charge < -0.3 is 14.7 Å². The summed E-state index contributed by atoms with van der Waals surface area (Å²) >= 11 is 5.92. The van der Waals surface area contributed by atoms with Crippen LogP contribution in [-0.4, -0.2) is 59.4 Å². The lowest BCUT2D eigenvalue weighted by atomic mass is 10.1. The molecule has 0 N–H and O–H groups in total. The van der Waals surface area contributed by atoms with Crippen LogP contribution in [0.25, 0.3) is 0 Å². The quantitative estimate of drug-likeness (QED) is 0.790. The van der Waals surface area contributed by atoms with Crippen molar-refractivity contribution in [2.45, 2.75) is 13.3 Å². The number of aryl methyl sites for hydroxylation is 1. The Morgan fingerprint density at radius 3 is 2.50 bits per heavy atom. The highest BCUT2D eigenvalue weighted by molar-refractivity contribution is 6.30. The third-order valence-electron chi connectivity index (χ3n) is 5.32. The van der Waals surface area contributed by atoms with Crippen LogP contribution in [-0.2, 0) is 9.59 Å². The van der Waals surface area contributed by atoms with Crippen LogP contribution in [0.4, 0.5) is 11.5 Å².